The fraction of sp³-hybridized carbons (Fsp3) is 0.500. The van der Waals surface area contributed by atoms with Gasteiger partial charge in [-0.1, -0.05) is 67.6 Å². The molecule has 2 rings (SSSR count). The Hall–Kier alpha value is -1.80. The average Bonchev–Trinajstić information content (AvgIpc) is 2.80. The van der Waals surface area contributed by atoms with Crippen molar-refractivity contribution in [3.8, 4) is 0 Å². The van der Waals surface area contributed by atoms with Crippen molar-refractivity contribution in [1.82, 2.24) is 0 Å². The van der Waals surface area contributed by atoms with Crippen LogP contribution in [0.2, 0.25) is 0 Å². The number of aliphatic hydroxyl groups excluding tert-OH is 1. The van der Waals surface area contributed by atoms with Gasteiger partial charge in [0.1, 0.15) is 23.9 Å². The second-order valence-electron chi connectivity index (χ2n) is 7.29. The smallest absolute Gasteiger partial charge is 0.121 e. The maximum Gasteiger partial charge on any atom is 0.121 e. The molecule has 0 heterocycles. The van der Waals surface area contributed by atoms with Crippen molar-refractivity contribution < 1.29 is 29.2 Å². The standard InChI is InChI=1S/C24H34O6/c1-4-24(26,22(28-3)18-30-16-20-13-9-6-10-14-20)23(25)21(27-2)17-29-15-19-11-7-5-8-12-19/h5-14,21-23,25-26H,4,15-18H2,1-3H3/t21-,22-,23-,24-/m1/s1. The fourth-order valence-corrected chi connectivity index (χ4v) is 3.38. The van der Waals surface area contributed by atoms with Gasteiger partial charge >= 0.3 is 0 Å². The van der Waals surface area contributed by atoms with Gasteiger partial charge in [0.25, 0.3) is 0 Å². The summed E-state index contributed by atoms with van der Waals surface area (Å²) in [6.07, 6.45) is -2.40. The Morgan fingerprint density at radius 2 is 1.30 bits per heavy atom. The van der Waals surface area contributed by atoms with E-state index in [1.807, 2.05) is 60.7 Å². The van der Waals surface area contributed by atoms with Crippen LogP contribution in [-0.4, -0.2) is 61.6 Å². The Morgan fingerprint density at radius 1 is 0.800 bits per heavy atom. The molecule has 0 unspecified atom stereocenters. The van der Waals surface area contributed by atoms with E-state index in [2.05, 4.69) is 0 Å². The van der Waals surface area contributed by atoms with E-state index in [9.17, 15) is 10.2 Å². The van der Waals surface area contributed by atoms with E-state index in [1.54, 1.807) is 6.92 Å². The van der Waals surface area contributed by atoms with Crippen molar-refractivity contribution >= 4 is 0 Å². The van der Waals surface area contributed by atoms with Crippen LogP contribution in [0.5, 0.6) is 0 Å². The Labute approximate surface area is 179 Å². The number of hydrogen-bond donors (Lipinski definition) is 2. The molecular weight excluding hydrogens is 384 g/mol. The van der Waals surface area contributed by atoms with Gasteiger partial charge in [0.2, 0.25) is 0 Å². The Bertz CT molecular complexity index is 695. The van der Waals surface area contributed by atoms with Gasteiger partial charge in [-0.05, 0) is 17.5 Å². The zero-order valence-corrected chi connectivity index (χ0v) is 18.1. The van der Waals surface area contributed by atoms with Gasteiger partial charge < -0.3 is 29.2 Å². The molecule has 2 N–H and O–H groups in total. The molecule has 0 amide bonds. The predicted octanol–water partition coefficient (Wildman–Crippen LogP) is 2.95. The molecule has 166 valence electrons. The van der Waals surface area contributed by atoms with Crippen LogP contribution in [0.3, 0.4) is 0 Å². The molecule has 0 radical (unpaired) electrons. The maximum atomic E-state index is 11.3. The number of methoxy groups -OCH3 is 2. The lowest BCUT2D eigenvalue weighted by Gasteiger charge is -2.40. The largest absolute Gasteiger partial charge is 0.387 e. The van der Waals surface area contributed by atoms with E-state index in [0.717, 1.165) is 11.1 Å². The Balaban J connectivity index is 1.94. The molecule has 0 saturated heterocycles. The van der Waals surface area contributed by atoms with Crippen molar-refractivity contribution in [3.63, 3.8) is 0 Å². The van der Waals surface area contributed by atoms with Crippen molar-refractivity contribution in [2.75, 3.05) is 27.4 Å². The third kappa shape index (κ3) is 6.87. The van der Waals surface area contributed by atoms with Crippen LogP contribution in [0.1, 0.15) is 24.5 Å². The zero-order valence-electron chi connectivity index (χ0n) is 18.1. The molecule has 30 heavy (non-hydrogen) atoms. The van der Waals surface area contributed by atoms with Crippen molar-refractivity contribution in [3.05, 3.63) is 71.8 Å². The quantitative estimate of drug-likeness (QED) is 0.491. The summed E-state index contributed by atoms with van der Waals surface area (Å²) in [6.45, 7) is 2.85. The van der Waals surface area contributed by atoms with Crippen molar-refractivity contribution in [2.24, 2.45) is 0 Å². The fourth-order valence-electron chi connectivity index (χ4n) is 3.38. The summed E-state index contributed by atoms with van der Waals surface area (Å²) in [4.78, 5) is 0. The summed E-state index contributed by atoms with van der Waals surface area (Å²) in [7, 11) is 2.99. The minimum absolute atomic E-state index is 0.133. The summed E-state index contributed by atoms with van der Waals surface area (Å²) in [5.74, 6) is 0. The molecule has 0 aliphatic carbocycles. The van der Waals surface area contributed by atoms with E-state index in [4.69, 9.17) is 18.9 Å². The summed E-state index contributed by atoms with van der Waals surface area (Å²) in [5.41, 5.74) is 0.496. The first-order valence-corrected chi connectivity index (χ1v) is 10.2. The average molecular weight is 419 g/mol. The lowest BCUT2D eigenvalue weighted by Crippen LogP contribution is -2.59. The van der Waals surface area contributed by atoms with E-state index >= 15 is 0 Å². The van der Waals surface area contributed by atoms with Crippen molar-refractivity contribution in [2.45, 2.75) is 50.5 Å². The van der Waals surface area contributed by atoms with Gasteiger partial charge in [-0.2, -0.15) is 0 Å². The summed E-state index contributed by atoms with van der Waals surface area (Å²) in [5, 5.41) is 22.2. The number of aliphatic hydroxyl groups is 2. The first-order valence-electron chi connectivity index (χ1n) is 10.2. The molecule has 6 heteroatoms. The summed E-state index contributed by atoms with van der Waals surface area (Å²) >= 11 is 0. The second-order valence-corrected chi connectivity index (χ2v) is 7.29. The second kappa shape index (κ2) is 12.8. The van der Waals surface area contributed by atoms with Crippen LogP contribution in [-0.2, 0) is 32.2 Å². The van der Waals surface area contributed by atoms with Crippen LogP contribution in [0.4, 0.5) is 0 Å². The highest BCUT2D eigenvalue weighted by atomic mass is 16.6. The Morgan fingerprint density at radius 3 is 1.73 bits per heavy atom. The molecule has 0 aliphatic heterocycles. The monoisotopic (exact) mass is 418 g/mol. The van der Waals surface area contributed by atoms with Gasteiger partial charge in [-0.25, -0.2) is 0 Å². The molecule has 2 aromatic carbocycles. The highest BCUT2D eigenvalue weighted by Gasteiger charge is 2.46. The third-order valence-electron chi connectivity index (χ3n) is 5.35. The van der Waals surface area contributed by atoms with Crippen LogP contribution in [0.15, 0.2) is 60.7 Å². The van der Waals surface area contributed by atoms with Gasteiger partial charge in [0.15, 0.2) is 0 Å². The van der Waals surface area contributed by atoms with E-state index < -0.39 is 23.9 Å². The first-order chi connectivity index (χ1) is 14.5. The minimum Gasteiger partial charge on any atom is -0.387 e. The van der Waals surface area contributed by atoms with Gasteiger partial charge in [0, 0.05) is 14.2 Å². The minimum atomic E-state index is -1.55. The highest BCUT2D eigenvalue weighted by Crippen LogP contribution is 2.27. The maximum absolute atomic E-state index is 11.3. The third-order valence-corrected chi connectivity index (χ3v) is 5.35. The number of benzene rings is 2. The first kappa shape index (κ1) is 24.5. The number of ether oxygens (including phenoxy) is 4. The van der Waals surface area contributed by atoms with E-state index in [-0.39, 0.29) is 19.6 Å². The van der Waals surface area contributed by atoms with Crippen molar-refractivity contribution in [1.29, 1.82) is 0 Å². The SMILES string of the molecule is CC[C@](O)([C@H](O)[C@@H](COCc1ccccc1)OC)[C@@H](COCc1ccccc1)OC. The molecule has 4 atom stereocenters. The van der Waals surface area contributed by atoms with Crippen LogP contribution in [0, 0.1) is 0 Å². The molecule has 0 saturated carbocycles. The summed E-state index contributed by atoms with van der Waals surface area (Å²) in [6, 6.07) is 19.5. The number of hydrogen-bond acceptors (Lipinski definition) is 6. The molecule has 0 spiro atoms. The van der Waals surface area contributed by atoms with Crippen LogP contribution < -0.4 is 0 Å². The lowest BCUT2D eigenvalue weighted by molar-refractivity contribution is -0.210. The van der Waals surface area contributed by atoms with E-state index in [1.165, 1.54) is 14.2 Å². The van der Waals surface area contributed by atoms with Gasteiger partial charge in [-0.3, -0.25) is 0 Å². The van der Waals surface area contributed by atoms with Gasteiger partial charge in [-0.15, -0.1) is 0 Å². The molecule has 0 aromatic heterocycles. The highest BCUT2D eigenvalue weighted by molar-refractivity contribution is 5.14. The predicted molar refractivity (Wildman–Crippen MR) is 115 cm³/mol. The zero-order chi connectivity index (χ0) is 21.8. The molecule has 0 bridgehead atoms. The van der Waals surface area contributed by atoms with Crippen LogP contribution >= 0.6 is 0 Å². The Kier molecular flexibility index (Phi) is 10.4. The molecule has 2 aromatic rings. The molecule has 0 fully saturated rings. The molecule has 0 aliphatic rings. The van der Waals surface area contributed by atoms with Crippen LogP contribution in [0.25, 0.3) is 0 Å². The topological polar surface area (TPSA) is 77.4 Å². The van der Waals surface area contributed by atoms with Gasteiger partial charge in [0.05, 0.1) is 26.4 Å². The molecule has 6 nitrogen and oxygen atoms in total. The molecular formula is C24H34O6. The lowest BCUT2D eigenvalue weighted by atomic mass is 9.84. The van der Waals surface area contributed by atoms with E-state index in [0.29, 0.717) is 13.2 Å². The normalized spacial score (nSPS) is 16.6. The number of rotatable bonds is 14. The summed E-state index contributed by atoms with van der Waals surface area (Å²) < 4.78 is 22.4.